The van der Waals surface area contributed by atoms with Gasteiger partial charge in [0, 0.05) is 26.7 Å². The molecule has 0 unspecified atom stereocenters. The molecule has 5 heteroatoms. The number of ether oxygens (including phenoxy) is 1. The molecule has 0 aromatic carbocycles. The Morgan fingerprint density at radius 3 is 2.71 bits per heavy atom. The Balaban J connectivity index is 3.23. The lowest BCUT2D eigenvalue weighted by Gasteiger charge is -2.14. The highest BCUT2D eigenvalue weighted by Crippen LogP contribution is 1.93. The molecule has 0 spiro atoms. The second-order valence-electron chi connectivity index (χ2n) is 3.14. The first kappa shape index (κ1) is 13.2. The van der Waals surface area contributed by atoms with Crippen LogP contribution in [0.3, 0.4) is 0 Å². The van der Waals surface area contributed by atoms with Crippen molar-refractivity contribution in [1.82, 2.24) is 10.2 Å². The molecule has 0 aromatic heterocycles. The number of hydrogen-bond donors (Lipinski definition) is 2. The molecule has 0 aliphatic heterocycles. The second kappa shape index (κ2) is 8.77. The normalized spacial score (nSPS) is 9.93. The number of rotatable bonds is 7. The predicted octanol–water partition coefficient (Wildman–Crippen LogP) is 0.0131. The molecule has 0 heterocycles. The van der Waals surface area contributed by atoms with Crippen molar-refractivity contribution in [2.75, 3.05) is 40.3 Å². The van der Waals surface area contributed by atoms with Gasteiger partial charge in [0.25, 0.3) is 0 Å². The van der Waals surface area contributed by atoms with Gasteiger partial charge in [0.15, 0.2) is 0 Å². The summed E-state index contributed by atoms with van der Waals surface area (Å²) in [5, 5.41) is 3.19. The second-order valence-corrected chi connectivity index (χ2v) is 3.14. The van der Waals surface area contributed by atoms with Crippen LogP contribution in [-0.4, -0.2) is 51.3 Å². The number of carbonyl (C=O) groups excluding carboxylic acids is 1. The van der Waals surface area contributed by atoms with E-state index in [9.17, 15) is 4.79 Å². The number of nitrogens with one attached hydrogen (secondary N) is 1. The average Bonchev–Trinajstić information content (AvgIpc) is 2.21. The summed E-state index contributed by atoms with van der Waals surface area (Å²) in [6.07, 6.45) is 1.74. The molecule has 0 rings (SSSR count). The molecule has 0 saturated heterocycles. The van der Waals surface area contributed by atoms with Gasteiger partial charge in [-0.1, -0.05) is 0 Å². The number of hydrogen-bond acceptors (Lipinski definition) is 4. The first-order valence-electron chi connectivity index (χ1n) is 4.92. The molecule has 0 fully saturated rings. The topological polar surface area (TPSA) is 67.6 Å². The lowest BCUT2D eigenvalue weighted by atomic mass is 10.3. The van der Waals surface area contributed by atoms with Crippen molar-refractivity contribution in [3.63, 3.8) is 0 Å². The van der Waals surface area contributed by atoms with E-state index in [-0.39, 0.29) is 6.09 Å². The van der Waals surface area contributed by atoms with Gasteiger partial charge in [-0.3, -0.25) is 0 Å². The Hall–Kier alpha value is -0.810. The van der Waals surface area contributed by atoms with Gasteiger partial charge in [0.2, 0.25) is 0 Å². The standard InChI is InChI=1S/C9H21N3O2/c1-12(9(13)14-2)8-4-3-6-11-7-5-10/h11H,3-8,10H2,1-2H3. The van der Waals surface area contributed by atoms with Crippen LogP contribution in [0.15, 0.2) is 0 Å². The molecule has 14 heavy (non-hydrogen) atoms. The first-order valence-corrected chi connectivity index (χ1v) is 4.92. The third kappa shape index (κ3) is 6.68. The molecule has 0 aromatic rings. The minimum atomic E-state index is -0.278. The molecule has 84 valence electrons. The van der Waals surface area contributed by atoms with Gasteiger partial charge < -0.3 is 20.7 Å². The predicted molar refractivity (Wildman–Crippen MR) is 56.2 cm³/mol. The van der Waals surface area contributed by atoms with E-state index in [4.69, 9.17) is 5.73 Å². The van der Waals surface area contributed by atoms with Gasteiger partial charge in [-0.15, -0.1) is 0 Å². The van der Waals surface area contributed by atoms with Crippen molar-refractivity contribution in [1.29, 1.82) is 0 Å². The maximum absolute atomic E-state index is 10.9. The number of nitrogens with two attached hydrogens (primary N) is 1. The lowest BCUT2D eigenvalue weighted by Crippen LogP contribution is -2.28. The fraction of sp³-hybridized carbons (Fsp3) is 0.889. The van der Waals surface area contributed by atoms with Crippen molar-refractivity contribution in [3.05, 3.63) is 0 Å². The van der Waals surface area contributed by atoms with Gasteiger partial charge in [-0.2, -0.15) is 0 Å². The number of carbonyl (C=O) groups is 1. The number of methoxy groups -OCH3 is 1. The third-order valence-electron chi connectivity index (χ3n) is 1.90. The van der Waals surface area contributed by atoms with Crippen molar-refractivity contribution < 1.29 is 9.53 Å². The van der Waals surface area contributed by atoms with E-state index in [0.717, 1.165) is 32.5 Å². The van der Waals surface area contributed by atoms with Crippen LogP contribution >= 0.6 is 0 Å². The molecule has 0 aliphatic rings. The highest BCUT2D eigenvalue weighted by Gasteiger charge is 2.05. The van der Waals surface area contributed by atoms with E-state index in [1.165, 1.54) is 7.11 Å². The molecule has 0 saturated carbocycles. The lowest BCUT2D eigenvalue weighted by molar-refractivity contribution is 0.133. The molecule has 0 atom stereocenters. The van der Waals surface area contributed by atoms with E-state index in [0.29, 0.717) is 6.54 Å². The summed E-state index contributed by atoms with van der Waals surface area (Å²) in [7, 11) is 3.13. The van der Waals surface area contributed by atoms with E-state index < -0.39 is 0 Å². The smallest absolute Gasteiger partial charge is 0.409 e. The number of amides is 1. The van der Waals surface area contributed by atoms with Crippen molar-refractivity contribution in [2.24, 2.45) is 5.73 Å². The van der Waals surface area contributed by atoms with Crippen LogP contribution in [0.4, 0.5) is 4.79 Å². The summed E-state index contributed by atoms with van der Waals surface area (Å²) in [6, 6.07) is 0. The van der Waals surface area contributed by atoms with Crippen LogP contribution in [0, 0.1) is 0 Å². The Morgan fingerprint density at radius 1 is 1.43 bits per heavy atom. The Kier molecular flexibility index (Phi) is 8.27. The van der Waals surface area contributed by atoms with E-state index >= 15 is 0 Å². The van der Waals surface area contributed by atoms with Crippen LogP contribution in [0.2, 0.25) is 0 Å². The minimum Gasteiger partial charge on any atom is -0.453 e. The summed E-state index contributed by atoms with van der Waals surface area (Å²) < 4.78 is 4.56. The monoisotopic (exact) mass is 203 g/mol. The Labute approximate surface area is 85.6 Å². The summed E-state index contributed by atoms with van der Waals surface area (Å²) in [6.45, 7) is 3.21. The van der Waals surface area contributed by atoms with Crippen LogP contribution in [0.5, 0.6) is 0 Å². The molecule has 1 amide bonds. The SMILES string of the molecule is COC(=O)N(C)CCCCNCCN. The number of unbranched alkanes of at least 4 members (excludes halogenated alkanes) is 1. The maximum Gasteiger partial charge on any atom is 0.409 e. The molecular weight excluding hydrogens is 182 g/mol. The number of nitrogens with zero attached hydrogens (tertiary/aromatic N) is 1. The van der Waals surface area contributed by atoms with Crippen molar-refractivity contribution >= 4 is 6.09 Å². The Bertz CT molecular complexity index is 153. The van der Waals surface area contributed by atoms with E-state index in [2.05, 4.69) is 10.1 Å². The van der Waals surface area contributed by atoms with Gasteiger partial charge in [-0.25, -0.2) is 4.79 Å². The minimum absolute atomic E-state index is 0.278. The summed E-state index contributed by atoms with van der Waals surface area (Å²) in [5.74, 6) is 0. The zero-order valence-electron chi connectivity index (χ0n) is 9.08. The van der Waals surface area contributed by atoms with Gasteiger partial charge >= 0.3 is 6.09 Å². The molecule has 3 N–H and O–H groups in total. The molecule has 0 aliphatic carbocycles. The third-order valence-corrected chi connectivity index (χ3v) is 1.90. The molecule has 0 bridgehead atoms. The van der Waals surface area contributed by atoms with Gasteiger partial charge in [-0.05, 0) is 19.4 Å². The fourth-order valence-electron chi connectivity index (χ4n) is 1.07. The van der Waals surface area contributed by atoms with Crippen molar-refractivity contribution in [2.45, 2.75) is 12.8 Å². The molecule has 5 nitrogen and oxygen atoms in total. The zero-order valence-corrected chi connectivity index (χ0v) is 9.08. The summed E-state index contributed by atoms with van der Waals surface area (Å²) >= 11 is 0. The van der Waals surface area contributed by atoms with Gasteiger partial charge in [0.1, 0.15) is 0 Å². The molecule has 0 radical (unpaired) electrons. The van der Waals surface area contributed by atoms with Crippen LogP contribution in [-0.2, 0) is 4.74 Å². The molecular formula is C9H21N3O2. The fourth-order valence-corrected chi connectivity index (χ4v) is 1.07. The zero-order chi connectivity index (χ0) is 10.8. The highest BCUT2D eigenvalue weighted by molar-refractivity contribution is 5.66. The van der Waals surface area contributed by atoms with Crippen LogP contribution in [0.25, 0.3) is 0 Å². The first-order chi connectivity index (χ1) is 6.72. The summed E-state index contributed by atoms with van der Waals surface area (Å²) in [4.78, 5) is 12.5. The largest absolute Gasteiger partial charge is 0.453 e. The maximum atomic E-state index is 10.9. The quantitative estimate of drug-likeness (QED) is 0.572. The average molecular weight is 203 g/mol. The van der Waals surface area contributed by atoms with Crippen LogP contribution in [0.1, 0.15) is 12.8 Å². The van der Waals surface area contributed by atoms with Gasteiger partial charge in [0.05, 0.1) is 7.11 Å². The van der Waals surface area contributed by atoms with E-state index in [1.807, 2.05) is 0 Å². The summed E-state index contributed by atoms with van der Waals surface area (Å²) in [5.41, 5.74) is 5.32. The highest BCUT2D eigenvalue weighted by atomic mass is 16.5. The Morgan fingerprint density at radius 2 is 2.14 bits per heavy atom. The van der Waals surface area contributed by atoms with Crippen molar-refractivity contribution in [3.8, 4) is 0 Å². The van der Waals surface area contributed by atoms with E-state index in [1.54, 1.807) is 11.9 Å². The van der Waals surface area contributed by atoms with Crippen LogP contribution < -0.4 is 11.1 Å².